The molecule has 0 fully saturated rings. The molecule has 0 bridgehead atoms. The number of rotatable bonds is 14. The second-order valence-corrected chi connectivity index (χ2v) is 18.0. The summed E-state index contributed by atoms with van der Waals surface area (Å²) in [5, 5.41) is 0.204. The summed E-state index contributed by atoms with van der Waals surface area (Å²) in [6, 6.07) is 15.6. The molecule has 0 aliphatic heterocycles. The van der Waals surface area contributed by atoms with Crippen molar-refractivity contribution < 1.29 is 18.4 Å². The number of aryl methyl sites for hydroxylation is 2. The van der Waals surface area contributed by atoms with E-state index in [-0.39, 0.29) is 16.0 Å². The molecule has 6 heteroatoms. The lowest BCUT2D eigenvalue weighted by Gasteiger charge is -2.37. The molecule has 0 saturated carbocycles. The van der Waals surface area contributed by atoms with Gasteiger partial charge >= 0.3 is 5.97 Å². The normalized spacial score (nSPS) is 13.5. The Morgan fingerprint density at radius 1 is 0.744 bits per heavy atom. The Kier molecular flexibility index (Phi) is 13.4. The van der Waals surface area contributed by atoms with Crippen LogP contribution in [-0.4, -0.2) is 32.1 Å². The topological polar surface area (TPSA) is 44.8 Å². The van der Waals surface area contributed by atoms with Crippen LogP contribution < -0.4 is 0 Å². The van der Waals surface area contributed by atoms with Crippen molar-refractivity contribution in [1.29, 1.82) is 0 Å². The van der Waals surface area contributed by atoms with Gasteiger partial charge in [-0.25, -0.2) is 4.79 Å². The highest BCUT2D eigenvalue weighted by Gasteiger charge is 2.34. The van der Waals surface area contributed by atoms with Crippen LogP contribution in [0.1, 0.15) is 117 Å². The monoisotopic (exact) mass is 618 g/mol. The maximum absolute atomic E-state index is 11.7. The quantitative estimate of drug-likeness (QED) is 0.0915. The van der Waals surface area contributed by atoms with Gasteiger partial charge < -0.3 is 13.6 Å². The molecule has 4 nitrogen and oxygen atoms in total. The van der Waals surface area contributed by atoms with Crippen LogP contribution in [0, 0.1) is 0 Å². The van der Waals surface area contributed by atoms with Crippen molar-refractivity contribution in [2.75, 3.05) is 6.61 Å². The molecule has 0 aromatic heterocycles. The predicted octanol–water partition coefficient (Wildman–Crippen LogP) is 9.56. The third-order valence-electron chi connectivity index (χ3n) is 6.80. The second kappa shape index (κ2) is 15.6. The Balaban J connectivity index is 2.36. The van der Waals surface area contributed by atoms with Crippen LogP contribution in [-0.2, 0) is 42.4 Å². The van der Waals surface area contributed by atoms with Crippen LogP contribution in [0.2, 0.25) is 10.1 Å². The summed E-state index contributed by atoms with van der Waals surface area (Å²) in [4.78, 5) is 11.7. The molecule has 0 N–H and O–H groups in total. The minimum absolute atomic E-state index is 0.0973. The van der Waals surface area contributed by atoms with Gasteiger partial charge in [-0.15, -0.1) is 0 Å². The van der Waals surface area contributed by atoms with Crippen LogP contribution in [0.3, 0.4) is 0 Å². The number of carbonyl (C=O) groups is 1. The number of esters is 1. The Labute approximate surface area is 267 Å². The summed E-state index contributed by atoms with van der Waals surface area (Å²) >= 11 is 0. The summed E-state index contributed by atoms with van der Waals surface area (Å²) in [6.07, 6.45) is 7.99. The molecule has 43 heavy (non-hydrogen) atoms. The highest BCUT2D eigenvalue weighted by Crippen LogP contribution is 2.39. The Morgan fingerprint density at radius 2 is 1.30 bits per heavy atom. The fraction of sp³-hybridized carbons (Fsp3) is 0.541. The maximum Gasteiger partial charge on any atom is 0.330 e. The number of ether oxygens (including phenoxy) is 1. The van der Waals surface area contributed by atoms with Crippen molar-refractivity contribution in [2.45, 2.75) is 124 Å². The lowest BCUT2D eigenvalue weighted by atomic mass is 9.84. The first-order valence-corrected chi connectivity index (χ1v) is 17.4. The molecular formula is C37H54O4Si2. The summed E-state index contributed by atoms with van der Waals surface area (Å²) in [5.74, 6) is -0.314. The zero-order valence-corrected chi connectivity index (χ0v) is 30.7. The van der Waals surface area contributed by atoms with Gasteiger partial charge in [0.2, 0.25) is 19.5 Å². The van der Waals surface area contributed by atoms with Crippen molar-refractivity contribution in [2.24, 2.45) is 0 Å². The predicted molar refractivity (Wildman–Crippen MR) is 183 cm³/mol. The molecular weight excluding hydrogens is 565 g/mol. The minimum atomic E-state index is -0.458. The van der Waals surface area contributed by atoms with E-state index in [0.29, 0.717) is 26.1 Å². The first-order chi connectivity index (χ1) is 19.9. The van der Waals surface area contributed by atoms with Gasteiger partial charge in [0.25, 0.3) is 0 Å². The van der Waals surface area contributed by atoms with Crippen molar-refractivity contribution in [3.63, 3.8) is 0 Å². The maximum atomic E-state index is 11.7. The van der Waals surface area contributed by atoms with Gasteiger partial charge in [0.15, 0.2) is 0 Å². The largest absolute Gasteiger partial charge is 0.463 e. The number of hydrogen-bond acceptors (Lipinski definition) is 4. The third-order valence-corrected chi connectivity index (χ3v) is 9.25. The van der Waals surface area contributed by atoms with Crippen LogP contribution in [0.5, 0.6) is 0 Å². The number of allylic oxidation sites excluding steroid dienone is 3. The molecule has 0 unspecified atom stereocenters. The van der Waals surface area contributed by atoms with Gasteiger partial charge in [0.05, 0.1) is 17.8 Å². The first kappa shape index (κ1) is 36.9. The van der Waals surface area contributed by atoms with Crippen molar-refractivity contribution in [3.8, 4) is 0 Å². The van der Waals surface area contributed by atoms with E-state index in [1.165, 1.54) is 39.5 Å². The molecule has 0 aliphatic carbocycles. The Hall–Kier alpha value is -2.26. The van der Waals surface area contributed by atoms with E-state index in [1.807, 2.05) is 13.0 Å². The standard InChI is InChI=1S/C37H54O4Si2/c1-13-29(18-16-20-33(38)39-14-2)30-19-15-17-27(25-30)21-22-28-23-24-31(36(9,10)40-42-34(3,4)5)32(26-28)37(11,12)41-43-35(6,7)8/h15-20,23-26H,13-14,21-22H2,1-12H3/b20-16+,29-18+. The zero-order chi connectivity index (χ0) is 32.5. The van der Waals surface area contributed by atoms with E-state index >= 15 is 0 Å². The van der Waals surface area contributed by atoms with Gasteiger partial charge in [-0.05, 0) is 97.3 Å². The molecule has 0 spiro atoms. The van der Waals surface area contributed by atoms with Gasteiger partial charge in [-0.1, -0.05) is 103 Å². The molecule has 2 rings (SSSR count). The molecule has 0 atom stereocenters. The summed E-state index contributed by atoms with van der Waals surface area (Å²) in [6.45, 7) is 26.4. The minimum Gasteiger partial charge on any atom is -0.463 e. The molecule has 2 aromatic carbocycles. The summed E-state index contributed by atoms with van der Waals surface area (Å²) in [5.41, 5.74) is 6.43. The molecule has 0 aliphatic rings. The summed E-state index contributed by atoms with van der Waals surface area (Å²) < 4.78 is 18.2. The molecule has 234 valence electrons. The first-order valence-electron chi connectivity index (χ1n) is 15.5. The van der Waals surface area contributed by atoms with Crippen molar-refractivity contribution in [3.05, 3.63) is 88.5 Å². The van der Waals surface area contributed by atoms with E-state index in [4.69, 9.17) is 13.6 Å². The average molecular weight is 619 g/mol. The fourth-order valence-corrected chi connectivity index (χ4v) is 5.85. The van der Waals surface area contributed by atoms with Crippen molar-refractivity contribution in [1.82, 2.24) is 0 Å². The average Bonchev–Trinajstić information content (AvgIpc) is 2.91. The number of carbonyl (C=O) groups excluding carboxylic acids is 1. The van der Waals surface area contributed by atoms with Crippen LogP contribution in [0.25, 0.3) is 5.57 Å². The van der Waals surface area contributed by atoms with Gasteiger partial charge in [0, 0.05) is 6.08 Å². The van der Waals surface area contributed by atoms with Gasteiger partial charge in [-0.2, -0.15) is 0 Å². The van der Waals surface area contributed by atoms with E-state index in [1.54, 1.807) is 6.08 Å². The van der Waals surface area contributed by atoms with Gasteiger partial charge in [0.1, 0.15) is 0 Å². The smallest absolute Gasteiger partial charge is 0.330 e. The van der Waals surface area contributed by atoms with Crippen LogP contribution >= 0.6 is 0 Å². The lowest BCUT2D eigenvalue weighted by Crippen LogP contribution is -2.34. The zero-order valence-electron chi connectivity index (χ0n) is 28.7. The Bertz CT molecular complexity index is 1260. The molecule has 2 aromatic rings. The molecule has 4 radical (unpaired) electrons. The highest BCUT2D eigenvalue weighted by molar-refractivity contribution is 6.32. The Morgan fingerprint density at radius 3 is 1.84 bits per heavy atom. The summed E-state index contributed by atoms with van der Waals surface area (Å²) in [7, 11) is 0.776. The molecule has 0 heterocycles. The van der Waals surface area contributed by atoms with E-state index in [0.717, 1.165) is 19.3 Å². The van der Waals surface area contributed by atoms with E-state index in [9.17, 15) is 4.79 Å². The van der Waals surface area contributed by atoms with Gasteiger partial charge in [-0.3, -0.25) is 0 Å². The second-order valence-electron chi connectivity index (χ2n) is 14.2. The fourth-order valence-electron chi connectivity index (χ4n) is 4.51. The van der Waals surface area contributed by atoms with E-state index in [2.05, 4.69) is 119 Å². The van der Waals surface area contributed by atoms with Crippen LogP contribution in [0.15, 0.2) is 60.7 Å². The SMILES string of the molecule is CCOC(=O)/C=C/C=C(\CC)c1cccc(CCc2ccc(C(C)(C)O[Si]C(C)(C)C)c(C(C)(C)O[Si]C(C)(C)C)c2)c1. The van der Waals surface area contributed by atoms with Crippen molar-refractivity contribution >= 4 is 31.1 Å². The number of benzene rings is 2. The van der Waals surface area contributed by atoms with Crippen LogP contribution in [0.4, 0.5) is 0 Å². The lowest BCUT2D eigenvalue weighted by molar-refractivity contribution is -0.137. The third kappa shape index (κ3) is 12.7. The van der Waals surface area contributed by atoms with E-state index < -0.39 is 11.2 Å². The molecule has 0 saturated heterocycles. The molecule has 0 amide bonds. The number of hydrogen-bond donors (Lipinski definition) is 0. The highest BCUT2D eigenvalue weighted by atomic mass is 28.2.